The normalized spacial score (nSPS) is 10.6. The number of aromatic nitrogens is 2. The third-order valence-corrected chi connectivity index (χ3v) is 2.77. The Morgan fingerprint density at radius 3 is 2.76 bits per heavy atom. The van der Waals surface area contributed by atoms with Crippen LogP contribution in [0.4, 0.5) is 0 Å². The standard InChI is InChI=1S/C14H12N2O/c1-17-14-9-13(12-7-4-8-15-12)16-11-6-3-2-5-10(11)14/h2-9,15H,1H3. The fourth-order valence-electron chi connectivity index (χ4n) is 1.94. The van der Waals surface area contributed by atoms with Gasteiger partial charge in [0.25, 0.3) is 0 Å². The van der Waals surface area contributed by atoms with Gasteiger partial charge in [-0.3, -0.25) is 0 Å². The molecule has 0 radical (unpaired) electrons. The predicted octanol–water partition coefficient (Wildman–Crippen LogP) is 3.24. The topological polar surface area (TPSA) is 37.9 Å². The lowest BCUT2D eigenvalue weighted by Crippen LogP contribution is -1.90. The van der Waals surface area contributed by atoms with Crippen molar-refractivity contribution in [3.63, 3.8) is 0 Å². The maximum atomic E-state index is 5.41. The van der Waals surface area contributed by atoms with Crippen LogP contribution in [0.5, 0.6) is 5.75 Å². The first kappa shape index (κ1) is 9.90. The Morgan fingerprint density at radius 2 is 2.00 bits per heavy atom. The molecule has 0 unspecified atom stereocenters. The number of nitrogens with one attached hydrogen (secondary N) is 1. The molecule has 0 saturated carbocycles. The number of ether oxygens (including phenoxy) is 1. The quantitative estimate of drug-likeness (QED) is 0.725. The summed E-state index contributed by atoms with van der Waals surface area (Å²) in [7, 11) is 1.68. The SMILES string of the molecule is COc1cc(-c2ccc[nH]2)nc2ccccc12. The smallest absolute Gasteiger partial charge is 0.130 e. The molecule has 2 aromatic heterocycles. The lowest BCUT2D eigenvalue weighted by molar-refractivity contribution is 0.419. The summed E-state index contributed by atoms with van der Waals surface area (Å²) >= 11 is 0. The van der Waals surface area contributed by atoms with E-state index in [9.17, 15) is 0 Å². The molecular weight excluding hydrogens is 212 g/mol. The Kier molecular flexibility index (Phi) is 2.29. The van der Waals surface area contributed by atoms with Crippen LogP contribution in [0.1, 0.15) is 0 Å². The molecule has 0 atom stereocenters. The van der Waals surface area contributed by atoms with Crippen LogP contribution in [-0.2, 0) is 0 Å². The van der Waals surface area contributed by atoms with Crippen molar-refractivity contribution in [2.24, 2.45) is 0 Å². The number of nitrogens with zero attached hydrogens (tertiary/aromatic N) is 1. The van der Waals surface area contributed by atoms with E-state index in [-0.39, 0.29) is 0 Å². The minimum Gasteiger partial charge on any atom is -0.496 e. The second-order valence-electron chi connectivity index (χ2n) is 3.81. The second kappa shape index (κ2) is 3.94. The molecule has 0 aliphatic heterocycles. The Labute approximate surface area is 99.1 Å². The fourth-order valence-corrected chi connectivity index (χ4v) is 1.94. The number of hydrogen-bond acceptors (Lipinski definition) is 2. The summed E-state index contributed by atoms with van der Waals surface area (Å²) in [5.41, 5.74) is 2.83. The van der Waals surface area contributed by atoms with Gasteiger partial charge in [0.2, 0.25) is 0 Å². The van der Waals surface area contributed by atoms with Gasteiger partial charge in [0, 0.05) is 17.6 Å². The average molecular weight is 224 g/mol. The number of methoxy groups -OCH3 is 1. The zero-order valence-corrected chi connectivity index (χ0v) is 9.47. The Morgan fingerprint density at radius 1 is 1.12 bits per heavy atom. The molecule has 0 saturated heterocycles. The molecule has 0 amide bonds. The summed E-state index contributed by atoms with van der Waals surface area (Å²) in [5.74, 6) is 0.847. The van der Waals surface area contributed by atoms with Gasteiger partial charge < -0.3 is 9.72 Å². The van der Waals surface area contributed by atoms with Crippen molar-refractivity contribution in [1.29, 1.82) is 0 Å². The Balaban J connectivity index is 2.28. The fraction of sp³-hybridized carbons (Fsp3) is 0.0714. The highest BCUT2D eigenvalue weighted by atomic mass is 16.5. The molecule has 0 aliphatic rings. The van der Waals surface area contributed by atoms with Crippen molar-refractivity contribution in [2.45, 2.75) is 0 Å². The molecule has 0 aliphatic carbocycles. The summed E-state index contributed by atoms with van der Waals surface area (Å²) in [6, 6.07) is 13.9. The number of H-pyrrole nitrogens is 1. The van der Waals surface area contributed by atoms with E-state index in [1.807, 2.05) is 48.7 Å². The van der Waals surface area contributed by atoms with E-state index in [0.717, 1.165) is 28.0 Å². The van der Waals surface area contributed by atoms with Gasteiger partial charge in [-0.1, -0.05) is 12.1 Å². The highest BCUT2D eigenvalue weighted by molar-refractivity contribution is 5.87. The summed E-state index contributed by atoms with van der Waals surface area (Å²) in [5, 5.41) is 1.03. The van der Waals surface area contributed by atoms with Crippen LogP contribution in [0.3, 0.4) is 0 Å². The van der Waals surface area contributed by atoms with Gasteiger partial charge in [-0.2, -0.15) is 0 Å². The first-order chi connectivity index (χ1) is 8.38. The van der Waals surface area contributed by atoms with Gasteiger partial charge in [0.05, 0.1) is 24.0 Å². The monoisotopic (exact) mass is 224 g/mol. The number of hydrogen-bond donors (Lipinski definition) is 1. The van der Waals surface area contributed by atoms with Crippen molar-refractivity contribution in [1.82, 2.24) is 9.97 Å². The third-order valence-electron chi connectivity index (χ3n) is 2.77. The van der Waals surface area contributed by atoms with Crippen molar-refractivity contribution in [3.05, 3.63) is 48.7 Å². The minimum absolute atomic E-state index is 0.847. The molecule has 3 rings (SSSR count). The highest BCUT2D eigenvalue weighted by Crippen LogP contribution is 2.28. The number of benzene rings is 1. The molecule has 2 heterocycles. The highest BCUT2D eigenvalue weighted by Gasteiger charge is 2.07. The summed E-state index contributed by atoms with van der Waals surface area (Å²) in [6.45, 7) is 0. The maximum Gasteiger partial charge on any atom is 0.130 e. The van der Waals surface area contributed by atoms with Crippen molar-refractivity contribution in [2.75, 3.05) is 7.11 Å². The number of aromatic amines is 1. The van der Waals surface area contributed by atoms with Crippen LogP contribution in [0.25, 0.3) is 22.3 Å². The molecule has 0 bridgehead atoms. The van der Waals surface area contributed by atoms with Gasteiger partial charge in [0.15, 0.2) is 0 Å². The Bertz CT molecular complexity index is 644. The second-order valence-corrected chi connectivity index (χ2v) is 3.81. The predicted molar refractivity (Wildman–Crippen MR) is 68.1 cm³/mol. The minimum atomic E-state index is 0.847. The van der Waals surface area contributed by atoms with Crippen molar-refractivity contribution < 1.29 is 4.74 Å². The lowest BCUT2D eigenvalue weighted by atomic mass is 10.1. The number of rotatable bonds is 2. The first-order valence-corrected chi connectivity index (χ1v) is 5.46. The molecule has 84 valence electrons. The van der Waals surface area contributed by atoms with E-state index in [2.05, 4.69) is 9.97 Å². The molecule has 3 aromatic rings. The maximum absolute atomic E-state index is 5.41. The van der Waals surface area contributed by atoms with Gasteiger partial charge in [-0.05, 0) is 24.3 Å². The summed E-state index contributed by atoms with van der Waals surface area (Å²) < 4.78 is 5.41. The Hall–Kier alpha value is -2.29. The number of pyridine rings is 1. The zero-order chi connectivity index (χ0) is 11.7. The lowest BCUT2D eigenvalue weighted by Gasteiger charge is -2.07. The van der Waals surface area contributed by atoms with E-state index in [4.69, 9.17) is 4.74 Å². The van der Waals surface area contributed by atoms with Crippen LogP contribution >= 0.6 is 0 Å². The van der Waals surface area contributed by atoms with Crippen LogP contribution in [-0.4, -0.2) is 17.1 Å². The molecular formula is C14H12N2O. The zero-order valence-electron chi connectivity index (χ0n) is 9.47. The van der Waals surface area contributed by atoms with Crippen LogP contribution < -0.4 is 4.74 Å². The molecule has 0 spiro atoms. The molecule has 17 heavy (non-hydrogen) atoms. The largest absolute Gasteiger partial charge is 0.496 e. The van der Waals surface area contributed by atoms with Gasteiger partial charge in [-0.25, -0.2) is 4.98 Å². The van der Waals surface area contributed by atoms with E-state index in [1.54, 1.807) is 7.11 Å². The third kappa shape index (κ3) is 1.65. The van der Waals surface area contributed by atoms with E-state index >= 15 is 0 Å². The first-order valence-electron chi connectivity index (χ1n) is 5.46. The van der Waals surface area contributed by atoms with E-state index in [0.29, 0.717) is 0 Å². The van der Waals surface area contributed by atoms with Gasteiger partial charge >= 0.3 is 0 Å². The molecule has 3 nitrogen and oxygen atoms in total. The van der Waals surface area contributed by atoms with Crippen molar-refractivity contribution in [3.8, 4) is 17.1 Å². The summed E-state index contributed by atoms with van der Waals surface area (Å²) in [4.78, 5) is 7.77. The van der Waals surface area contributed by atoms with E-state index in [1.165, 1.54) is 0 Å². The summed E-state index contributed by atoms with van der Waals surface area (Å²) in [6.07, 6.45) is 1.89. The van der Waals surface area contributed by atoms with Crippen LogP contribution in [0.2, 0.25) is 0 Å². The van der Waals surface area contributed by atoms with E-state index < -0.39 is 0 Å². The number of para-hydroxylation sites is 1. The molecule has 3 heteroatoms. The average Bonchev–Trinajstić information content (AvgIpc) is 2.91. The molecule has 1 N–H and O–H groups in total. The van der Waals surface area contributed by atoms with Gasteiger partial charge in [0.1, 0.15) is 5.75 Å². The number of fused-ring (bicyclic) bond motifs is 1. The van der Waals surface area contributed by atoms with Crippen LogP contribution in [0, 0.1) is 0 Å². The van der Waals surface area contributed by atoms with Crippen LogP contribution in [0.15, 0.2) is 48.7 Å². The molecule has 1 aromatic carbocycles. The van der Waals surface area contributed by atoms with Crippen molar-refractivity contribution >= 4 is 10.9 Å². The molecule has 0 fully saturated rings. The van der Waals surface area contributed by atoms with Gasteiger partial charge in [-0.15, -0.1) is 0 Å².